The van der Waals surface area contributed by atoms with Gasteiger partial charge in [0.25, 0.3) is 0 Å². The van der Waals surface area contributed by atoms with Crippen LogP contribution in [0.15, 0.2) is 0 Å². The third kappa shape index (κ3) is 4.74. The van der Waals surface area contributed by atoms with E-state index >= 15 is 0 Å². The number of halogens is 3. The summed E-state index contributed by atoms with van der Waals surface area (Å²) in [5, 5.41) is 0. The molecule has 8 heteroatoms. The Bertz CT molecular complexity index is 251. The minimum absolute atomic E-state index is 0. The molecule has 3 nitrogen and oxygen atoms in total. The summed E-state index contributed by atoms with van der Waals surface area (Å²) in [7, 11) is 0. The molecule has 1 aliphatic rings. The van der Waals surface area contributed by atoms with Crippen LogP contribution in [0.2, 0.25) is 0 Å². The van der Waals surface area contributed by atoms with Crippen LogP contribution in [-0.4, -0.2) is 37.3 Å². The molecule has 1 saturated heterocycles. The molecule has 2 N–H and O–H groups in total. The van der Waals surface area contributed by atoms with Crippen LogP contribution in [0.1, 0.15) is 13.3 Å². The normalized spacial score (nSPS) is 27.5. The molecule has 15 heavy (non-hydrogen) atoms. The van der Waals surface area contributed by atoms with E-state index in [4.69, 9.17) is 5.73 Å². The molecule has 82 valence electrons. The summed E-state index contributed by atoms with van der Waals surface area (Å²) in [6.07, 6.45) is -0.489. The summed E-state index contributed by atoms with van der Waals surface area (Å²) in [5.74, 6) is -0.519. The van der Waals surface area contributed by atoms with Gasteiger partial charge in [0.1, 0.15) is 0 Å². The zero-order valence-electron chi connectivity index (χ0n) is 8.97. The van der Waals surface area contributed by atoms with Crippen LogP contribution in [0.5, 0.6) is 0 Å². The summed E-state index contributed by atoms with van der Waals surface area (Å²) in [5.41, 5.74) is 4.33. The number of primary amides is 1. The van der Waals surface area contributed by atoms with Crippen LogP contribution in [0.25, 0.3) is 0 Å². The number of amides is 1. The first kappa shape index (κ1) is 15.9. The largest absolute Gasteiger partial charge is 1.00 e. The van der Waals surface area contributed by atoms with E-state index in [2.05, 4.69) is 0 Å². The topological polar surface area (TPSA) is 46.3 Å². The van der Waals surface area contributed by atoms with Crippen molar-refractivity contribution >= 4 is 12.9 Å². The maximum atomic E-state index is 12.1. The average Bonchev–Trinajstić information content (AvgIpc) is 2.29. The fourth-order valence-corrected chi connectivity index (χ4v) is 1.71. The van der Waals surface area contributed by atoms with E-state index in [9.17, 15) is 17.7 Å². The summed E-state index contributed by atoms with van der Waals surface area (Å²) in [6.45, 7) is -2.79. The van der Waals surface area contributed by atoms with Crippen molar-refractivity contribution in [2.75, 3.05) is 19.5 Å². The molecule has 0 radical (unpaired) electrons. The minimum Gasteiger partial charge on any atom is -0.448 e. The molecule has 0 spiro atoms. The van der Waals surface area contributed by atoms with E-state index in [1.807, 2.05) is 0 Å². The predicted molar refractivity (Wildman–Crippen MR) is 47.4 cm³/mol. The second kappa shape index (κ2) is 5.50. The molecule has 1 rings (SSSR count). The second-order valence-electron chi connectivity index (χ2n) is 4.12. The molecule has 1 fully saturated rings. The zero-order chi connectivity index (χ0) is 11.0. The molecule has 0 saturated carbocycles. The van der Waals surface area contributed by atoms with Crippen LogP contribution in [0.3, 0.4) is 0 Å². The molecular formula is C7H13BF3KN2O. The number of hydrogen-bond acceptors (Lipinski definition) is 2. The van der Waals surface area contributed by atoms with Crippen LogP contribution in [-0.2, 0) is 4.79 Å². The second-order valence-corrected chi connectivity index (χ2v) is 4.12. The van der Waals surface area contributed by atoms with Crippen molar-refractivity contribution in [2.45, 2.75) is 13.3 Å². The van der Waals surface area contributed by atoms with Crippen molar-refractivity contribution in [3.05, 3.63) is 0 Å². The molecule has 1 aliphatic heterocycles. The fraction of sp³-hybridized carbons (Fsp3) is 0.857. The molecular weight excluding hydrogens is 235 g/mol. The van der Waals surface area contributed by atoms with Gasteiger partial charge in [-0.05, 0) is 26.3 Å². The number of carbonyl (C=O) groups excluding carboxylic acids is 1. The van der Waals surface area contributed by atoms with Crippen molar-refractivity contribution in [1.29, 1.82) is 0 Å². The van der Waals surface area contributed by atoms with Gasteiger partial charge < -0.3 is 23.6 Å². The van der Waals surface area contributed by atoms with Gasteiger partial charge in [-0.3, -0.25) is 4.79 Å². The molecule has 1 unspecified atom stereocenters. The smallest absolute Gasteiger partial charge is 0.448 e. The van der Waals surface area contributed by atoms with Gasteiger partial charge in [0.2, 0.25) is 5.91 Å². The van der Waals surface area contributed by atoms with Crippen LogP contribution in [0, 0.1) is 5.41 Å². The standard InChI is InChI=1S/C7H13BF3N2O.K/c1-7(6(12)14)2-3-13(4-7)5-8(9,10)11;/h2-5H2,1H3,(H2,12,14);/q-1;+1. The van der Waals surface area contributed by atoms with E-state index in [1.54, 1.807) is 6.92 Å². The van der Waals surface area contributed by atoms with Gasteiger partial charge in [0.15, 0.2) is 0 Å². The van der Waals surface area contributed by atoms with Gasteiger partial charge >= 0.3 is 58.4 Å². The Morgan fingerprint density at radius 3 is 2.40 bits per heavy atom. The Hall–Kier alpha value is 0.921. The molecule has 1 amide bonds. The van der Waals surface area contributed by atoms with Gasteiger partial charge in [-0.15, -0.1) is 0 Å². The summed E-state index contributed by atoms with van der Waals surface area (Å²) in [4.78, 5) is 12.2. The van der Waals surface area contributed by atoms with Crippen molar-refractivity contribution in [3.63, 3.8) is 0 Å². The van der Waals surface area contributed by atoms with Gasteiger partial charge in [0.05, 0.1) is 5.41 Å². The fourth-order valence-electron chi connectivity index (χ4n) is 1.71. The Balaban J connectivity index is 0.00000196. The SMILES string of the molecule is CC1(C(N)=O)CCN(C[B-](F)(F)F)C1.[K+]. The van der Waals surface area contributed by atoms with Crippen molar-refractivity contribution in [3.8, 4) is 0 Å². The summed E-state index contributed by atoms with van der Waals surface area (Å²) < 4.78 is 36.2. The first-order valence-corrected chi connectivity index (χ1v) is 4.46. The maximum Gasteiger partial charge on any atom is 1.00 e. The number of nitrogens with zero attached hydrogens (tertiary/aromatic N) is 1. The van der Waals surface area contributed by atoms with E-state index in [1.165, 1.54) is 4.90 Å². The Morgan fingerprint density at radius 2 is 2.07 bits per heavy atom. The van der Waals surface area contributed by atoms with Crippen molar-refractivity contribution < 1.29 is 69.1 Å². The number of nitrogens with two attached hydrogens (primary N) is 1. The van der Waals surface area contributed by atoms with Gasteiger partial charge in [-0.1, -0.05) is 0 Å². The third-order valence-electron chi connectivity index (χ3n) is 2.61. The van der Waals surface area contributed by atoms with E-state index in [0.29, 0.717) is 13.0 Å². The van der Waals surface area contributed by atoms with Crippen LogP contribution < -0.4 is 57.1 Å². The molecule has 1 atom stereocenters. The number of likely N-dealkylation sites (tertiary alicyclic amines) is 1. The number of rotatable bonds is 3. The molecule has 0 aromatic rings. The maximum absolute atomic E-state index is 12.1. The Kier molecular flexibility index (Phi) is 5.84. The number of hydrogen-bond donors (Lipinski definition) is 1. The Labute approximate surface area is 129 Å². The van der Waals surface area contributed by atoms with Gasteiger partial charge in [0, 0.05) is 6.54 Å². The van der Waals surface area contributed by atoms with Gasteiger partial charge in [-0.2, -0.15) is 0 Å². The van der Waals surface area contributed by atoms with E-state index < -0.39 is 24.7 Å². The molecule has 0 aromatic carbocycles. The van der Waals surface area contributed by atoms with Crippen LogP contribution >= 0.6 is 0 Å². The molecule has 0 aliphatic carbocycles. The van der Waals surface area contributed by atoms with Crippen molar-refractivity contribution in [2.24, 2.45) is 11.1 Å². The monoisotopic (exact) mass is 248 g/mol. The first-order chi connectivity index (χ1) is 6.23. The van der Waals surface area contributed by atoms with E-state index in [-0.39, 0.29) is 57.9 Å². The van der Waals surface area contributed by atoms with E-state index in [0.717, 1.165) is 0 Å². The van der Waals surface area contributed by atoms with Crippen LogP contribution in [0.4, 0.5) is 12.9 Å². The summed E-state index contributed by atoms with van der Waals surface area (Å²) >= 11 is 0. The average molecular weight is 248 g/mol. The first-order valence-electron chi connectivity index (χ1n) is 4.46. The quantitative estimate of drug-likeness (QED) is 0.565. The minimum atomic E-state index is -4.81. The third-order valence-corrected chi connectivity index (χ3v) is 2.61. The predicted octanol–water partition coefficient (Wildman–Crippen LogP) is -2.43. The van der Waals surface area contributed by atoms with Gasteiger partial charge in [-0.25, -0.2) is 0 Å². The summed E-state index contributed by atoms with van der Waals surface area (Å²) in [6, 6.07) is 0. The molecule has 0 bridgehead atoms. The zero-order valence-corrected chi connectivity index (χ0v) is 12.1. The van der Waals surface area contributed by atoms with Crippen molar-refractivity contribution in [1.82, 2.24) is 4.90 Å². The molecule has 0 aromatic heterocycles. The number of carbonyl (C=O) groups is 1. The Morgan fingerprint density at radius 1 is 1.53 bits per heavy atom. The molecule has 1 heterocycles.